The van der Waals surface area contributed by atoms with Gasteiger partial charge >= 0.3 is 0 Å². The van der Waals surface area contributed by atoms with E-state index in [0.29, 0.717) is 6.61 Å². The van der Waals surface area contributed by atoms with Gasteiger partial charge in [0.25, 0.3) is 0 Å². The Morgan fingerprint density at radius 2 is 2.23 bits per heavy atom. The molecule has 3 nitrogen and oxygen atoms in total. The molecule has 0 saturated carbocycles. The van der Waals surface area contributed by atoms with Crippen LogP contribution in [0.3, 0.4) is 0 Å². The first kappa shape index (κ1) is 12.3. The van der Waals surface area contributed by atoms with Gasteiger partial charge in [-0.1, -0.05) is 25.1 Å². The predicted octanol–water partition coefficient (Wildman–Crippen LogP) is 2.76. The van der Waals surface area contributed by atoms with Crippen molar-refractivity contribution in [2.24, 2.45) is 10.6 Å². The standard InChI is InChI=1S/C10H19NO2/c1-4-7-13-9-10(5-2,6-3)8-11-12/h5H,2,4,6-9H2,1,3H3. The fourth-order valence-electron chi connectivity index (χ4n) is 1.08. The van der Waals surface area contributed by atoms with Crippen LogP contribution in [0.5, 0.6) is 0 Å². The van der Waals surface area contributed by atoms with Crippen molar-refractivity contribution in [3.05, 3.63) is 17.6 Å². The molecule has 1 atom stereocenters. The number of ether oxygens (including phenoxy) is 1. The Morgan fingerprint density at radius 3 is 2.62 bits per heavy atom. The molecule has 0 fully saturated rings. The van der Waals surface area contributed by atoms with Gasteiger partial charge < -0.3 is 4.74 Å². The van der Waals surface area contributed by atoms with E-state index < -0.39 is 0 Å². The van der Waals surface area contributed by atoms with Gasteiger partial charge in [0.1, 0.15) is 0 Å². The minimum absolute atomic E-state index is 0.253. The predicted molar refractivity (Wildman–Crippen MR) is 54.7 cm³/mol. The van der Waals surface area contributed by atoms with Crippen molar-refractivity contribution in [2.75, 3.05) is 19.8 Å². The molecule has 0 bridgehead atoms. The topological polar surface area (TPSA) is 38.7 Å². The SMILES string of the molecule is C=CC(CC)(CN=O)COCCC. The van der Waals surface area contributed by atoms with E-state index in [1.54, 1.807) is 6.08 Å². The molecule has 0 aliphatic carbocycles. The lowest BCUT2D eigenvalue weighted by atomic mass is 9.86. The second-order valence-corrected chi connectivity index (χ2v) is 3.26. The summed E-state index contributed by atoms with van der Waals surface area (Å²) >= 11 is 0. The van der Waals surface area contributed by atoms with Crippen LogP contribution >= 0.6 is 0 Å². The van der Waals surface area contributed by atoms with E-state index in [2.05, 4.69) is 18.7 Å². The summed E-state index contributed by atoms with van der Waals surface area (Å²) in [5.74, 6) is 0. The van der Waals surface area contributed by atoms with Gasteiger partial charge in [0, 0.05) is 12.0 Å². The summed E-state index contributed by atoms with van der Waals surface area (Å²) in [5.41, 5.74) is -0.253. The van der Waals surface area contributed by atoms with Crippen molar-refractivity contribution in [1.29, 1.82) is 0 Å². The van der Waals surface area contributed by atoms with Gasteiger partial charge in [0.15, 0.2) is 0 Å². The van der Waals surface area contributed by atoms with E-state index in [0.717, 1.165) is 19.4 Å². The molecule has 3 heteroatoms. The summed E-state index contributed by atoms with van der Waals surface area (Å²) in [6, 6.07) is 0. The third-order valence-electron chi connectivity index (χ3n) is 2.25. The molecule has 0 aromatic carbocycles. The highest BCUT2D eigenvalue weighted by Crippen LogP contribution is 2.24. The van der Waals surface area contributed by atoms with Crippen LogP contribution in [0.1, 0.15) is 26.7 Å². The zero-order valence-corrected chi connectivity index (χ0v) is 8.58. The Kier molecular flexibility index (Phi) is 6.41. The highest BCUT2D eigenvalue weighted by atomic mass is 16.5. The molecule has 0 aromatic heterocycles. The van der Waals surface area contributed by atoms with Crippen LogP contribution in [0.2, 0.25) is 0 Å². The molecule has 0 radical (unpaired) electrons. The van der Waals surface area contributed by atoms with Crippen LogP contribution in [-0.2, 0) is 4.74 Å². The van der Waals surface area contributed by atoms with Crippen LogP contribution < -0.4 is 0 Å². The van der Waals surface area contributed by atoms with Crippen LogP contribution in [0, 0.1) is 10.3 Å². The average molecular weight is 185 g/mol. The molecule has 0 amide bonds. The third-order valence-corrected chi connectivity index (χ3v) is 2.25. The maximum Gasteiger partial charge on any atom is 0.0923 e. The molecule has 0 aliphatic heterocycles. The Bertz CT molecular complexity index is 159. The second-order valence-electron chi connectivity index (χ2n) is 3.26. The molecule has 13 heavy (non-hydrogen) atoms. The fourth-order valence-corrected chi connectivity index (χ4v) is 1.08. The van der Waals surface area contributed by atoms with Crippen molar-refractivity contribution in [3.63, 3.8) is 0 Å². The number of hydrogen-bond donors (Lipinski definition) is 0. The first-order valence-electron chi connectivity index (χ1n) is 4.75. The number of nitroso groups, excluding NO2 is 1. The van der Waals surface area contributed by atoms with Crippen molar-refractivity contribution in [1.82, 2.24) is 0 Å². The summed E-state index contributed by atoms with van der Waals surface area (Å²) in [6.07, 6.45) is 3.61. The Balaban J connectivity index is 4.04. The lowest BCUT2D eigenvalue weighted by molar-refractivity contribution is 0.0701. The molecule has 0 rings (SSSR count). The van der Waals surface area contributed by atoms with Crippen molar-refractivity contribution in [3.8, 4) is 0 Å². The highest BCUT2D eigenvalue weighted by Gasteiger charge is 2.25. The maximum atomic E-state index is 10.2. The minimum atomic E-state index is -0.253. The van der Waals surface area contributed by atoms with E-state index >= 15 is 0 Å². The molecule has 0 aliphatic rings. The quantitative estimate of drug-likeness (QED) is 0.331. The van der Waals surface area contributed by atoms with Crippen LogP contribution in [0.15, 0.2) is 17.8 Å². The summed E-state index contributed by atoms with van der Waals surface area (Å²) in [5, 5.41) is 2.93. The highest BCUT2D eigenvalue weighted by molar-refractivity contribution is 4.95. The van der Waals surface area contributed by atoms with Gasteiger partial charge in [-0.2, -0.15) is 4.91 Å². The van der Waals surface area contributed by atoms with E-state index in [-0.39, 0.29) is 12.0 Å². The Hall–Kier alpha value is -0.700. The monoisotopic (exact) mass is 185 g/mol. The molecule has 0 heterocycles. The first-order valence-corrected chi connectivity index (χ1v) is 4.75. The summed E-state index contributed by atoms with van der Waals surface area (Å²) in [7, 11) is 0. The van der Waals surface area contributed by atoms with Gasteiger partial charge in [-0.15, -0.1) is 6.58 Å². The maximum absolute atomic E-state index is 10.2. The molecular weight excluding hydrogens is 166 g/mol. The Labute approximate surface area is 80.1 Å². The van der Waals surface area contributed by atoms with E-state index in [1.165, 1.54) is 0 Å². The van der Waals surface area contributed by atoms with E-state index in [4.69, 9.17) is 4.74 Å². The lowest BCUT2D eigenvalue weighted by Gasteiger charge is -2.25. The zero-order valence-electron chi connectivity index (χ0n) is 8.58. The minimum Gasteiger partial charge on any atom is -0.380 e. The Morgan fingerprint density at radius 1 is 1.54 bits per heavy atom. The van der Waals surface area contributed by atoms with Crippen LogP contribution in [-0.4, -0.2) is 19.8 Å². The molecule has 0 spiro atoms. The van der Waals surface area contributed by atoms with E-state index in [9.17, 15) is 4.91 Å². The van der Waals surface area contributed by atoms with Crippen molar-refractivity contribution < 1.29 is 4.74 Å². The van der Waals surface area contributed by atoms with Gasteiger partial charge in [-0.25, -0.2) is 0 Å². The largest absolute Gasteiger partial charge is 0.380 e. The van der Waals surface area contributed by atoms with Gasteiger partial charge in [0.2, 0.25) is 0 Å². The fraction of sp³-hybridized carbons (Fsp3) is 0.800. The van der Waals surface area contributed by atoms with Crippen LogP contribution in [0.4, 0.5) is 0 Å². The van der Waals surface area contributed by atoms with E-state index in [1.807, 2.05) is 6.92 Å². The molecule has 76 valence electrons. The third kappa shape index (κ3) is 4.18. The summed E-state index contributed by atoms with van der Waals surface area (Å²) in [6.45, 7) is 9.33. The molecule has 0 saturated heterocycles. The lowest BCUT2D eigenvalue weighted by Crippen LogP contribution is -2.27. The zero-order chi connectivity index (χ0) is 10.2. The smallest absolute Gasteiger partial charge is 0.0923 e. The molecule has 0 N–H and O–H groups in total. The van der Waals surface area contributed by atoms with Gasteiger partial charge in [-0.05, 0) is 12.8 Å². The summed E-state index contributed by atoms with van der Waals surface area (Å²) < 4.78 is 5.41. The molecule has 0 aromatic rings. The normalized spacial score (nSPS) is 14.9. The first-order chi connectivity index (χ1) is 6.24. The number of nitrogens with zero attached hydrogens (tertiary/aromatic N) is 1. The molecule has 1 unspecified atom stereocenters. The molecular formula is C10H19NO2. The number of hydrogen-bond acceptors (Lipinski definition) is 3. The van der Waals surface area contributed by atoms with Crippen molar-refractivity contribution >= 4 is 0 Å². The van der Waals surface area contributed by atoms with Gasteiger partial charge in [0.05, 0.1) is 13.2 Å². The second kappa shape index (κ2) is 6.78. The average Bonchev–Trinajstić information content (AvgIpc) is 2.17. The number of rotatable bonds is 8. The summed E-state index contributed by atoms with van der Waals surface area (Å²) in [4.78, 5) is 10.2. The van der Waals surface area contributed by atoms with Gasteiger partial charge in [-0.3, -0.25) is 0 Å². The van der Waals surface area contributed by atoms with Crippen molar-refractivity contribution in [2.45, 2.75) is 26.7 Å². The van der Waals surface area contributed by atoms with Crippen LogP contribution in [0.25, 0.3) is 0 Å².